The first-order valence-electron chi connectivity index (χ1n) is 4.81. The van der Waals surface area contributed by atoms with E-state index in [1.54, 1.807) is 12.1 Å². The smallest absolute Gasteiger partial charge is 0.303 e. The first-order chi connectivity index (χ1) is 7.13. The highest BCUT2D eigenvalue weighted by Gasteiger charge is 2.14. The molecule has 0 aliphatic rings. The van der Waals surface area contributed by atoms with Crippen molar-refractivity contribution in [3.8, 4) is 0 Å². The van der Waals surface area contributed by atoms with Gasteiger partial charge in [-0.25, -0.2) is 0 Å². The van der Waals surface area contributed by atoms with Gasteiger partial charge in [-0.1, -0.05) is 23.7 Å². The van der Waals surface area contributed by atoms with E-state index in [1.807, 2.05) is 12.1 Å². The minimum absolute atomic E-state index is 0.0498. The second-order valence-electron chi connectivity index (χ2n) is 3.43. The van der Waals surface area contributed by atoms with E-state index in [9.17, 15) is 4.79 Å². The molecule has 0 unspecified atom stereocenters. The van der Waals surface area contributed by atoms with E-state index in [-0.39, 0.29) is 12.3 Å². The molecule has 82 valence electrons. The van der Waals surface area contributed by atoms with Crippen LogP contribution in [0.3, 0.4) is 0 Å². The minimum Gasteiger partial charge on any atom is -0.481 e. The van der Waals surface area contributed by atoms with Crippen LogP contribution in [-0.4, -0.2) is 17.6 Å². The van der Waals surface area contributed by atoms with Crippen LogP contribution in [0.4, 0.5) is 0 Å². The third-order valence-electron chi connectivity index (χ3n) is 2.26. The molecule has 1 aromatic carbocycles. The molecule has 3 nitrogen and oxygen atoms in total. The fourth-order valence-corrected chi connectivity index (χ4v) is 1.76. The lowest BCUT2D eigenvalue weighted by atomic mass is 9.93. The van der Waals surface area contributed by atoms with Crippen LogP contribution in [-0.2, 0) is 4.79 Å². The standard InChI is InChI=1S/C11H14ClNO2/c12-10-3-1-2-8(6-10)9(4-5-13)7-11(14)15/h1-3,6,9H,4-5,7,13H2,(H,14,15)/t9-/m0/s1. The second-order valence-corrected chi connectivity index (χ2v) is 3.86. The summed E-state index contributed by atoms with van der Waals surface area (Å²) in [6.45, 7) is 0.477. The molecule has 0 radical (unpaired) electrons. The Kier molecular flexibility index (Phi) is 4.59. The van der Waals surface area contributed by atoms with Crippen LogP contribution in [0.5, 0.6) is 0 Å². The molecule has 0 amide bonds. The molecule has 1 atom stereocenters. The number of carbonyl (C=O) groups is 1. The molecule has 1 rings (SSSR count). The maximum atomic E-state index is 10.7. The number of carboxylic acid groups (broad SMARTS) is 1. The molecule has 0 saturated heterocycles. The van der Waals surface area contributed by atoms with Crippen molar-refractivity contribution < 1.29 is 9.90 Å². The van der Waals surface area contributed by atoms with Crippen molar-refractivity contribution >= 4 is 17.6 Å². The summed E-state index contributed by atoms with van der Waals surface area (Å²) in [5.74, 6) is -0.861. The Morgan fingerprint density at radius 2 is 2.27 bits per heavy atom. The summed E-state index contributed by atoms with van der Waals surface area (Å²) in [5, 5.41) is 9.39. The van der Waals surface area contributed by atoms with Gasteiger partial charge < -0.3 is 10.8 Å². The Balaban J connectivity index is 2.83. The molecule has 15 heavy (non-hydrogen) atoms. The molecule has 0 aliphatic carbocycles. The summed E-state index contributed by atoms with van der Waals surface area (Å²) < 4.78 is 0. The van der Waals surface area contributed by atoms with Crippen molar-refractivity contribution in [1.29, 1.82) is 0 Å². The molecule has 0 saturated carbocycles. The van der Waals surface area contributed by atoms with Crippen LogP contribution in [0.25, 0.3) is 0 Å². The number of halogens is 1. The summed E-state index contributed by atoms with van der Waals surface area (Å²) in [7, 11) is 0. The van der Waals surface area contributed by atoms with Crippen molar-refractivity contribution in [2.24, 2.45) is 5.73 Å². The largest absolute Gasteiger partial charge is 0.481 e. The number of hydrogen-bond acceptors (Lipinski definition) is 2. The van der Waals surface area contributed by atoms with Gasteiger partial charge in [0.25, 0.3) is 0 Å². The summed E-state index contributed by atoms with van der Waals surface area (Å²) in [6.07, 6.45) is 0.754. The third-order valence-corrected chi connectivity index (χ3v) is 2.49. The van der Waals surface area contributed by atoms with E-state index in [2.05, 4.69) is 0 Å². The molecule has 3 N–H and O–H groups in total. The molecule has 0 aliphatic heterocycles. The van der Waals surface area contributed by atoms with Gasteiger partial charge in [0.05, 0.1) is 6.42 Å². The first kappa shape index (κ1) is 12.0. The molecular formula is C11H14ClNO2. The number of carboxylic acids is 1. The Labute approximate surface area is 93.9 Å². The second kappa shape index (κ2) is 5.73. The van der Waals surface area contributed by atoms with Gasteiger partial charge in [-0.3, -0.25) is 4.79 Å². The predicted molar refractivity (Wildman–Crippen MR) is 60.1 cm³/mol. The minimum atomic E-state index is -0.812. The van der Waals surface area contributed by atoms with Crippen molar-refractivity contribution in [1.82, 2.24) is 0 Å². The van der Waals surface area contributed by atoms with Crippen LogP contribution in [0.2, 0.25) is 5.02 Å². The lowest BCUT2D eigenvalue weighted by molar-refractivity contribution is -0.137. The van der Waals surface area contributed by atoms with E-state index in [0.717, 1.165) is 5.56 Å². The summed E-state index contributed by atoms with van der Waals surface area (Å²) in [6, 6.07) is 7.27. The van der Waals surface area contributed by atoms with E-state index in [0.29, 0.717) is 18.0 Å². The maximum absolute atomic E-state index is 10.7. The Morgan fingerprint density at radius 3 is 2.80 bits per heavy atom. The number of rotatable bonds is 5. The van der Waals surface area contributed by atoms with Gasteiger partial charge in [0.1, 0.15) is 0 Å². The first-order valence-corrected chi connectivity index (χ1v) is 5.18. The van der Waals surface area contributed by atoms with E-state index in [4.69, 9.17) is 22.4 Å². The molecule has 0 spiro atoms. The van der Waals surface area contributed by atoms with Gasteiger partial charge in [0, 0.05) is 5.02 Å². The Hall–Kier alpha value is -1.06. The monoisotopic (exact) mass is 227 g/mol. The predicted octanol–water partition coefficient (Wildman–Crippen LogP) is 2.25. The third kappa shape index (κ3) is 3.90. The van der Waals surface area contributed by atoms with E-state index < -0.39 is 5.97 Å². The molecular weight excluding hydrogens is 214 g/mol. The lowest BCUT2D eigenvalue weighted by Crippen LogP contribution is -2.11. The Bertz CT molecular complexity index is 341. The van der Waals surface area contributed by atoms with Crippen molar-refractivity contribution in [2.45, 2.75) is 18.8 Å². The highest BCUT2D eigenvalue weighted by Crippen LogP contribution is 2.25. The van der Waals surface area contributed by atoms with E-state index in [1.165, 1.54) is 0 Å². The SMILES string of the molecule is NCC[C@@H](CC(=O)O)c1cccc(Cl)c1. The number of nitrogens with two attached hydrogens (primary N) is 1. The van der Waals surface area contributed by atoms with Crippen molar-refractivity contribution in [3.63, 3.8) is 0 Å². The molecule has 0 aromatic heterocycles. The normalized spacial score (nSPS) is 12.4. The van der Waals surface area contributed by atoms with Gasteiger partial charge >= 0.3 is 5.97 Å². The highest BCUT2D eigenvalue weighted by atomic mass is 35.5. The average Bonchev–Trinajstić information content (AvgIpc) is 2.16. The highest BCUT2D eigenvalue weighted by molar-refractivity contribution is 6.30. The number of aliphatic carboxylic acids is 1. The summed E-state index contributed by atoms with van der Waals surface area (Å²) in [5.41, 5.74) is 6.39. The zero-order valence-corrected chi connectivity index (χ0v) is 9.07. The quantitative estimate of drug-likeness (QED) is 0.811. The maximum Gasteiger partial charge on any atom is 0.303 e. The Morgan fingerprint density at radius 1 is 1.53 bits per heavy atom. The summed E-state index contributed by atoms with van der Waals surface area (Å²) in [4.78, 5) is 10.7. The van der Waals surface area contributed by atoms with Gasteiger partial charge in [-0.05, 0) is 36.6 Å². The summed E-state index contributed by atoms with van der Waals surface area (Å²) >= 11 is 5.85. The number of benzene rings is 1. The molecule has 4 heteroatoms. The lowest BCUT2D eigenvalue weighted by Gasteiger charge is -2.14. The topological polar surface area (TPSA) is 63.3 Å². The molecule has 1 aromatic rings. The van der Waals surface area contributed by atoms with Crippen LogP contribution in [0, 0.1) is 0 Å². The fourth-order valence-electron chi connectivity index (χ4n) is 1.56. The molecule has 0 heterocycles. The number of hydrogen-bond donors (Lipinski definition) is 2. The van der Waals surface area contributed by atoms with Crippen LogP contribution >= 0.6 is 11.6 Å². The van der Waals surface area contributed by atoms with Gasteiger partial charge in [-0.15, -0.1) is 0 Å². The van der Waals surface area contributed by atoms with Crippen molar-refractivity contribution in [2.75, 3.05) is 6.54 Å². The molecule has 0 fully saturated rings. The average molecular weight is 228 g/mol. The zero-order valence-electron chi connectivity index (χ0n) is 8.32. The van der Waals surface area contributed by atoms with Gasteiger partial charge in [0.2, 0.25) is 0 Å². The van der Waals surface area contributed by atoms with Crippen LogP contribution < -0.4 is 5.73 Å². The van der Waals surface area contributed by atoms with Gasteiger partial charge in [0.15, 0.2) is 0 Å². The zero-order chi connectivity index (χ0) is 11.3. The fraction of sp³-hybridized carbons (Fsp3) is 0.364. The van der Waals surface area contributed by atoms with Crippen molar-refractivity contribution in [3.05, 3.63) is 34.9 Å². The van der Waals surface area contributed by atoms with Crippen LogP contribution in [0.15, 0.2) is 24.3 Å². The van der Waals surface area contributed by atoms with Crippen LogP contribution in [0.1, 0.15) is 24.3 Å². The van der Waals surface area contributed by atoms with Gasteiger partial charge in [-0.2, -0.15) is 0 Å². The van der Waals surface area contributed by atoms with E-state index >= 15 is 0 Å². The molecule has 0 bridgehead atoms.